The van der Waals surface area contributed by atoms with E-state index in [1.54, 1.807) is 18.2 Å². The molecule has 1 aromatic carbocycles. The van der Waals surface area contributed by atoms with Gasteiger partial charge in [-0.05, 0) is 36.5 Å². The van der Waals surface area contributed by atoms with Crippen LogP contribution >= 0.6 is 23.2 Å². The van der Waals surface area contributed by atoms with Gasteiger partial charge in [0.25, 0.3) is 5.91 Å². The van der Waals surface area contributed by atoms with E-state index in [4.69, 9.17) is 33.7 Å². The Morgan fingerprint density at radius 1 is 1.28 bits per heavy atom. The number of amides is 1. The molecule has 1 saturated carbocycles. The van der Waals surface area contributed by atoms with Crippen LogP contribution in [0.15, 0.2) is 18.2 Å². The van der Waals surface area contributed by atoms with E-state index in [0.29, 0.717) is 28.9 Å². The average Bonchev–Trinajstić information content (AvgIpc) is 2.59. The van der Waals surface area contributed by atoms with Gasteiger partial charge in [0.1, 0.15) is 0 Å². The molecule has 140 valence electrons. The molecule has 0 aliphatic heterocycles. The maximum Gasteiger partial charge on any atom is 0.250 e. The van der Waals surface area contributed by atoms with E-state index < -0.39 is 6.10 Å². The molecule has 1 aliphatic carbocycles. The molecule has 1 unspecified atom stereocenters. The van der Waals surface area contributed by atoms with E-state index in [2.05, 4.69) is 5.32 Å². The first-order valence-electron chi connectivity index (χ1n) is 9.02. The molecule has 0 saturated heterocycles. The number of ether oxygens (including phenoxy) is 1. The second kappa shape index (κ2) is 10.4. The number of carbonyl (C=O) groups excluding carboxylic acids is 1. The topological polar surface area (TPSA) is 64.3 Å². The second-order valence-corrected chi connectivity index (χ2v) is 7.62. The Morgan fingerprint density at radius 3 is 2.52 bits per heavy atom. The van der Waals surface area contributed by atoms with Crippen molar-refractivity contribution in [3.63, 3.8) is 0 Å². The van der Waals surface area contributed by atoms with Crippen LogP contribution in [0.3, 0.4) is 0 Å². The Labute approximate surface area is 160 Å². The van der Waals surface area contributed by atoms with Crippen LogP contribution in [0.4, 0.5) is 0 Å². The van der Waals surface area contributed by atoms with E-state index in [-0.39, 0.29) is 11.9 Å². The molecular formula is C19H28Cl2N2O2. The lowest BCUT2D eigenvalue weighted by atomic mass is 9.84. The summed E-state index contributed by atoms with van der Waals surface area (Å²) in [6.45, 7) is 0.443. The number of nitrogens with two attached hydrogens (primary N) is 1. The Bertz CT molecular complexity index is 542. The van der Waals surface area contributed by atoms with Crippen molar-refractivity contribution in [2.45, 2.75) is 57.1 Å². The molecule has 0 spiro atoms. The van der Waals surface area contributed by atoms with E-state index in [9.17, 15) is 4.79 Å². The summed E-state index contributed by atoms with van der Waals surface area (Å²) in [4.78, 5) is 12.4. The normalized spacial score (nSPS) is 17.9. The molecule has 2 atom stereocenters. The quantitative estimate of drug-likeness (QED) is 0.710. The predicted molar refractivity (Wildman–Crippen MR) is 103 cm³/mol. The van der Waals surface area contributed by atoms with Gasteiger partial charge in [0.15, 0.2) is 6.10 Å². The van der Waals surface area contributed by atoms with Crippen LogP contribution < -0.4 is 11.1 Å². The number of methoxy groups -OCH3 is 1. The van der Waals surface area contributed by atoms with Crippen LogP contribution in [0, 0.1) is 5.92 Å². The van der Waals surface area contributed by atoms with Crippen molar-refractivity contribution in [2.24, 2.45) is 11.7 Å². The van der Waals surface area contributed by atoms with Crippen LogP contribution in [-0.2, 0) is 16.0 Å². The highest BCUT2D eigenvalue weighted by atomic mass is 35.5. The second-order valence-electron chi connectivity index (χ2n) is 6.80. The highest BCUT2D eigenvalue weighted by molar-refractivity contribution is 6.35. The Morgan fingerprint density at radius 2 is 1.92 bits per heavy atom. The molecule has 25 heavy (non-hydrogen) atoms. The van der Waals surface area contributed by atoms with Crippen LogP contribution in [0.1, 0.15) is 44.1 Å². The van der Waals surface area contributed by atoms with Gasteiger partial charge < -0.3 is 15.8 Å². The van der Waals surface area contributed by atoms with Crippen LogP contribution in [0.2, 0.25) is 10.0 Å². The summed E-state index contributed by atoms with van der Waals surface area (Å²) in [5.74, 6) is 0.435. The first-order chi connectivity index (χ1) is 12.0. The zero-order valence-corrected chi connectivity index (χ0v) is 16.3. The van der Waals surface area contributed by atoms with E-state index in [1.807, 2.05) is 0 Å². The molecule has 3 N–H and O–H groups in total. The smallest absolute Gasteiger partial charge is 0.250 e. The van der Waals surface area contributed by atoms with Crippen LogP contribution in [-0.4, -0.2) is 31.7 Å². The molecule has 2 rings (SSSR count). The molecule has 1 fully saturated rings. The molecule has 1 amide bonds. The predicted octanol–water partition coefficient (Wildman–Crippen LogP) is 3.96. The number of halogens is 2. The number of nitrogens with one attached hydrogen (secondary N) is 1. The van der Waals surface area contributed by atoms with E-state index >= 15 is 0 Å². The van der Waals surface area contributed by atoms with Gasteiger partial charge in [0, 0.05) is 29.7 Å². The maximum absolute atomic E-state index is 12.4. The Balaban J connectivity index is 1.82. The molecule has 1 aromatic rings. The highest BCUT2D eigenvalue weighted by Crippen LogP contribution is 2.28. The first kappa shape index (κ1) is 20.5. The van der Waals surface area contributed by atoms with Crippen molar-refractivity contribution in [2.75, 3.05) is 13.7 Å². The highest BCUT2D eigenvalue weighted by Gasteiger charge is 2.28. The van der Waals surface area contributed by atoms with Gasteiger partial charge in [0.2, 0.25) is 0 Å². The molecule has 1 aliphatic rings. The third kappa shape index (κ3) is 6.14. The molecule has 0 bridgehead atoms. The zero-order chi connectivity index (χ0) is 18.2. The summed E-state index contributed by atoms with van der Waals surface area (Å²) < 4.78 is 5.38. The molecular weight excluding hydrogens is 359 g/mol. The fourth-order valence-electron chi connectivity index (χ4n) is 3.59. The minimum atomic E-state index is -0.622. The minimum absolute atomic E-state index is 0.172. The lowest BCUT2D eigenvalue weighted by molar-refractivity contribution is -0.132. The fraction of sp³-hybridized carbons (Fsp3) is 0.632. The first-order valence-corrected chi connectivity index (χ1v) is 9.77. The summed E-state index contributed by atoms with van der Waals surface area (Å²) in [5, 5.41) is 4.11. The number of carbonyl (C=O) groups is 1. The monoisotopic (exact) mass is 386 g/mol. The number of benzene rings is 1. The van der Waals surface area contributed by atoms with Crippen LogP contribution in [0.5, 0.6) is 0 Å². The van der Waals surface area contributed by atoms with Gasteiger partial charge >= 0.3 is 0 Å². The zero-order valence-electron chi connectivity index (χ0n) is 14.8. The molecule has 6 heteroatoms. The SMILES string of the molecule is COC(C(=O)NCCc1c(Cl)cccc1Cl)[C@H](N)CC1CCCCC1. The summed E-state index contributed by atoms with van der Waals surface area (Å²) in [7, 11) is 1.54. The van der Waals surface area contributed by atoms with Crippen molar-refractivity contribution in [1.29, 1.82) is 0 Å². The van der Waals surface area contributed by atoms with Gasteiger partial charge in [-0.3, -0.25) is 4.79 Å². The Hall–Kier alpha value is -0.810. The van der Waals surface area contributed by atoms with Crippen molar-refractivity contribution in [1.82, 2.24) is 5.32 Å². The van der Waals surface area contributed by atoms with Gasteiger partial charge in [-0.25, -0.2) is 0 Å². The molecule has 0 aromatic heterocycles. The minimum Gasteiger partial charge on any atom is -0.370 e. The summed E-state index contributed by atoms with van der Waals surface area (Å²) in [6.07, 6.45) is 7.03. The van der Waals surface area contributed by atoms with Gasteiger partial charge in [-0.2, -0.15) is 0 Å². The van der Waals surface area contributed by atoms with Crippen molar-refractivity contribution in [3.8, 4) is 0 Å². The number of hydrogen-bond acceptors (Lipinski definition) is 3. The lowest BCUT2D eigenvalue weighted by Gasteiger charge is -2.28. The Kier molecular flexibility index (Phi) is 8.50. The summed E-state index contributed by atoms with van der Waals surface area (Å²) >= 11 is 12.3. The standard InChI is InChI=1S/C19H28Cl2N2O2/c1-25-18(17(22)12-13-6-3-2-4-7-13)19(24)23-11-10-14-15(20)8-5-9-16(14)21/h5,8-9,13,17-18H,2-4,6-7,10-12,22H2,1H3,(H,23,24)/t17-,18?/m1/s1. The van der Waals surface area contributed by atoms with Gasteiger partial charge in [0.05, 0.1) is 0 Å². The van der Waals surface area contributed by atoms with Crippen molar-refractivity contribution < 1.29 is 9.53 Å². The third-order valence-corrected chi connectivity index (χ3v) is 5.68. The largest absolute Gasteiger partial charge is 0.370 e. The van der Waals surface area contributed by atoms with E-state index in [1.165, 1.54) is 39.2 Å². The summed E-state index contributed by atoms with van der Waals surface area (Å²) in [5.41, 5.74) is 7.10. The number of rotatable bonds is 8. The lowest BCUT2D eigenvalue weighted by Crippen LogP contribution is -2.48. The number of hydrogen-bond donors (Lipinski definition) is 2. The van der Waals surface area contributed by atoms with Gasteiger partial charge in [-0.15, -0.1) is 0 Å². The van der Waals surface area contributed by atoms with Crippen molar-refractivity contribution >= 4 is 29.1 Å². The van der Waals surface area contributed by atoms with Gasteiger partial charge in [-0.1, -0.05) is 61.4 Å². The molecule has 0 heterocycles. The average molecular weight is 387 g/mol. The van der Waals surface area contributed by atoms with E-state index in [0.717, 1.165) is 12.0 Å². The third-order valence-electron chi connectivity index (χ3n) is 4.97. The maximum atomic E-state index is 12.4. The summed E-state index contributed by atoms with van der Waals surface area (Å²) in [6, 6.07) is 5.11. The van der Waals surface area contributed by atoms with Crippen LogP contribution in [0.25, 0.3) is 0 Å². The molecule has 0 radical (unpaired) electrons. The molecule has 4 nitrogen and oxygen atoms in total. The fourth-order valence-corrected chi connectivity index (χ4v) is 4.18. The van der Waals surface area contributed by atoms with Crippen molar-refractivity contribution in [3.05, 3.63) is 33.8 Å².